The maximum absolute atomic E-state index is 7.00. The number of rotatable bonds is 4. The molecular formula is C50H31NO. The van der Waals surface area contributed by atoms with E-state index in [1.807, 2.05) is 12.1 Å². The largest absolute Gasteiger partial charge is 0.459 e. The average Bonchev–Trinajstić information content (AvgIpc) is 3.85. The Labute approximate surface area is 302 Å². The van der Waals surface area contributed by atoms with E-state index in [-0.39, 0.29) is 0 Å². The second-order valence-corrected chi connectivity index (χ2v) is 13.8. The van der Waals surface area contributed by atoms with Crippen molar-refractivity contribution in [3.05, 3.63) is 211 Å². The molecule has 0 bridgehead atoms. The van der Waals surface area contributed by atoms with E-state index in [0.717, 1.165) is 50.4 Å². The Morgan fingerprint density at radius 1 is 0.385 bits per heavy atom. The minimum atomic E-state index is -0.577. The maximum atomic E-state index is 7.00. The third-order valence-corrected chi connectivity index (χ3v) is 11.1. The summed E-state index contributed by atoms with van der Waals surface area (Å²) in [4.78, 5) is 5.11. The summed E-state index contributed by atoms with van der Waals surface area (Å²) in [5.74, 6) is 1.02. The van der Waals surface area contributed by atoms with Gasteiger partial charge in [0.25, 0.3) is 0 Å². The van der Waals surface area contributed by atoms with Gasteiger partial charge in [-0.15, -0.1) is 0 Å². The second kappa shape index (κ2) is 11.1. The standard InChI is InChI=1S/C50H31NO/c1-3-14-34(15-4-1)44-30-36(31-45(51-44)35-16-5-2-6-17-35)32-26-28-33(29-27-32)37-21-13-22-39-38-18-7-10-23-42(38)50(48(37)39)43-24-11-8-19-40(43)47-41-20-9-12-25-46(41)52-49(47)50/h1-31H. The number of furan rings is 1. The van der Waals surface area contributed by atoms with E-state index in [1.54, 1.807) is 0 Å². The Kier molecular flexibility index (Phi) is 6.20. The lowest BCUT2D eigenvalue weighted by atomic mass is 9.71. The predicted octanol–water partition coefficient (Wildman–Crippen LogP) is 12.8. The average molecular weight is 662 g/mol. The molecule has 0 fully saturated rings. The van der Waals surface area contributed by atoms with Crippen LogP contribution in [0.25, 0.3) is 78.0 Å². The fourth-order valence-electron chi connectivity index (χ4n) is 8.90. The lowest BCUT2D eigenvalue weighted by molar-refractivity contribution is 0.507. The van der Waals surface area contributed by atoms with Gasteiger partial charge >= 0.3 is 0 Å². The molecule has 7 aromatic carbocycles. The highest BCUT2D eigenvalue weighted by Crippen LogP contribution is 2.66. The van der Waals surface area contributed by atoms with Crippen molar-refractivity contribution in [1.82, 2.24) is 4.98 Å². The molecule has 0 aliphatic heterocycles. The molecule has 0 saturated carbocycles. The maximum Gasteiger partial charge on any atom is 0.135 e. The summed E-state index contributed by atoms with van der Waals surface area (Å²) in [7, 11) is 0. The number of benzene rings is 7. The van der Waals surface area contributed by atoms with E-state index in [4.69, 9.17) is 9.40 Å². The van der Waals surface area contributed by atoms with Crippen LogP contribution in [0.5, 0.6) is 0 Å². The van der Waals surface area contributed by atoms with Crippen LogP contribution in [-0.4, -0.2) is 4.98 Å². The van der Waals surface area contributed by atoms with E-state index in [2.05, 4.69) is 176 Å². The van der Waals surface area contributed by atoms with Crippen molar-refractivity contribution in [2.45, 2.75) is 5.41 Å². The molecule has 9 aromatic rings. The molecule has 0 N–H and O–H groups in total. The zero-order valence-electron chi connectivity index (χ0n) is 28.3. The highest BCUT2D eigenvalue weighted by Gasteiger charge is 2.55. The van der Waals surface area contributed by atoms with Gasteiger partial charge in [0.15, 0.2) is 0 Å². The topological polar surface area (TPSA) is 26.0 Å². The summed E-state index contributed by atoms with van der Waals surface area (Å²) in [6, 6.07) is 67.5. The van der Waals surface area contributed by atoms with Crippen LogP contribution in [0.1, 0.15) is 22.5 Å². The molecule has 0 amide bonds. The molecule has 1 atom stereocenters. The molecule has 2 heterocycles. The minimum absolute atomic E-state index is 0.577. The van der Waals surface area contributed by atoms with Crippen LogP contribution in [0.2, 0.25) is 0 Å². The number of pyridine rings is 1. The van der Waals surface area contributed by atoms with Gasteiger partial charge in [0.2, 0.25) is 0 Å². The first kappa shape index (κ1) is 29.0. The normalized spacial score (nSPS) is 15.0. The molecule has 52 heavy (non-hydrogen) atoms. The smallest absolute Gasteiger partial charge is 0.135 e. The van der Waals surface area contributed by atoms with Gasteiger partial charge in [-0.3, -0.25) is 0 Å². The molecule has 0 saturated heterocycles. The predicted molar refractivity (Wildman–Crippen MR) is 212 cm³/mol. The first-order valence-electron chi connectivity index (χ1n) is 17.9. The Morgan fingerprint density at radius 2 is 0.923 bits per heavy atom. The monoisotopic (exact) mass is 661 g/mol. The van der Waals surface area contributed by atoms with Gasteiger partial charge in [0.05, 0.1) is 11.4 Å². The number of hydrogen-bond acceptors (Lipinski definition) is 2. The van der Waals surface area contributed by atoms with Crippen LogP contribution in [0.3, 0.4) is 0 Å². The highest BCUT2D eigenvalue weighted by molar-refractivity contribution is 6.05. The van der Waals surface area contributed by atoms with Crippen molar-refractivity contribution in [2.24, 2.45) is 0 Å². The van der Waals surface area contributed by atoms with E-state index in [1.165, 1.54) is 50.1 Å². The first-order valence-corrected chi connectivity index (χ1v) is 17.9. The third kappa shape index (κ3) is 4.03. The fourth-order valence-corrected chi connectivity index (χ4v) is 8.90. The van der Waals surface area contributed by atoms with Gasteiger partial charge in [0, 0.05) is 22.1 Å². The Hall–Kier alpha value is -6.77. The van der Waals surface area contributed by atoms with Crippen LogP contribution in [0, 0.1) is 0 Å². The minimum Gasteiger partial charge on any atom is -0.459 e. The van der Waals surface area contributed by atoms with Crippen molar-refractivity contribution in [3.8, 4) is 67.0 Å². The first-order chi connectivity index (χ1) is 25.8. The van der Waals surface area contributed by atoms with E-state index < -0.39 is 5.41 Å². The molecule has 1 unspecified atom stereocenters. The second-order valence-electron chi connectivity index (χ2n) is 13.8. The number of hydrogen-bond donors (Lipinski definition) is 0. The van der Waals surface area contributed by atoms with Crippen LogP contribution in [0.15, 0.2) is 192 Å². The van der Waals surface area contributed by atoms with E-state index in [9.17, 15) is 0 Å². The molecule has 0 radical (unpaired) electrons. The van der Waals surface area contributed by atoms with Gasteiger partial charge in [-0.05, 0) is 73.8 Å². The Morgan fingerprint density at radius 3 is 1.63 bits per heavy atom. The molecule has 2 nitrogen and oxygen atoms in total. The highest BCUT2D eigenvalue weighted by atomic mass is 16.3. The third-order valence-electron chi connectivity index (χ3n) is 11.1. The van der Waals surface area contributed by atoms with E-state index >= 15 is 0 Å². The van der Waals surface area contributed by atoms with Crippen molar-refractivity contribution in [1.29, 1.82) is 0 Å². The molecule has 2 aliphatic carbocycles. The van der Waals surface area contributed by atoms with Crippen molar-refractivity contribution < 1.29 is 4.42 Å². The Bertz CT molecular complexity index is 2770. The Balaban J connectivity index is 1.11. The number of para-hydroxylation sites is 1. The van der Waals surface area contributed by atoms with Crippen LogP contribution in [0.4, 0.5) is 0 Å². The molecule has 1 spiro atoms. The van der Waals surface area contributed by atoms with Crippen molar-refractivity contribution in [3.63, 3.8) is 0 Å². The summed E-state index contributed by atoms with van der Waals surface area (Å²) >= 11 is 0. The summed E-state index contributed by atoms with van der Waals surface area (Å²) in [6.45, 7) is 0. The molecular weight excluding hydrogens is 631 g/mol. The van der Waals surface area contributed by atoms with Gasteiger partial charge < -0.3 is 4.42 Å². The van der Waals surface area contributed by atoms with Crippen LogP contribution >= 0.6 is 0 Å². The van der Waals surface area contributed by atoms with Crippen LogP contribution < -0.4 is 0 Å². The molecule has 242 valence electrons. The molecule has 11 rings (SSSR count). The summed E-state index contributed by atoms with van der Waals surface area (Å²) in [5.41, 5.74) is 18.0. The molecule has 2 aromatic heterocycles. The van der Waals surface area contributed by atoms with Gasteiger partial charge in [0.1, 0.15) is 16.8 Å². The molecule has 2 heteroatoms. The van der Waals surface area contributed by atoms with Gasteiger partial charge in [-0.2, -0.15) is 0 Å². The van der Waals surface area contributed by atoms with Gasteiger partial charge in [-0.1, -0.05) is 170 Å². The summed E-state index contributed by atoms with van der Waals surface area (Å²) in [6.07, 6.45) is 0. The quantitative estimate of drug-likeness (QED) is 0.188. The lowest BCUT2D eigenvalue weighted by Gasteiger charge is -2.30. The lowest BCUT2D eigenvalue weighted by Crippen LogP contribution is -2.26. The fraction of sp³-hybridized carbons (Fsp3) is 0.0200. The summed E-state index contributed by atoms with van der Waals surface area (Å²) < 4.78 is 7.00. The van der Waals surface area contributed by atoms with Crippen LogP contribution in [-0.2, 0) is 5.41 Å². The van der Waals surface area contributed by atoms with E-state index in [0.29, 0.717) is 0 Å². The molecule has 2 aliphatic rings. The van der Waals surface area contributed by atoms with Crippen molar-refractivity contribution in [2.75, 3.05) is 0 Å². The summed E-state index contributed by atoms with van der Waals surface area (Å²) in [5, 5.41) is 1.16. The van der Waals surface area contributed by atoms with Crippen molar-refractivity contribution >= 4 is 11.0 Å². The number of aromatic nitrogens is 1. The zero-order valence-corrected chi connectivity index (χ0v) is 28.3. The zero-order chi connectivity index (χ0) is 34.2. The number of fused-ring (bicyclic) bond motifs is 12. The SMILES string of the molecule is c1ccc(-c2cc(-c3ccc(-c4cccc5c4C4(c6ccccc6-5)c5ccccc5-c5c4oc4ccccc54)cc3)cc(-c3ccccc3)n2)cc1. The number of nitrogens with zero attached hydrogens (tertiary/aromatic N) is 1. The van der Waals surface area contributed by atoms with Gasteiger partial charge in [-0.25, -0.2) is 4.98 Å².